The highest BCUT2D eigenvalue weighted by atomic mass is 32.2. The van der Waals surface area contributed by atoms with Gasteiger partial charge in [-0.2, -0.15) is 4.31 Å². The third kappa shape index (κ3) is 7.28. The average Bonchev–Trinajstić information content (AvgIpc) is 2.68. The molecule has 0 aromatic heterocycles. The summed E-state index contributed by atoms with van der Waals surface area (Å²) in [5.74, 6) is 0. The Hall–Kier alpha value is -1.68. The minimum atomic E-state index is -2.93. The maximum atomic E-state index is 11.6. The molecule has 1 aromatic rings. The van der Waals surface area contributed by atoms with Crippen molar-refractivity contribution in [2.24, 2.45) is 0 Å². The van der Waals surface area contributed by atoms with Gasteiger partial charge in [0, 0.05) is 52.4 Å². The lowest BCUT2D eigenvalue weighted by atomic mass is 10.2. The molecule has 2 aliphatic rings. The second-order valence-corrected chi connectivity index (χ2v) is 8.17. The van der Waals surface area contributed by atoms with Crippen molar-refractivity contribution < 1.29 is 17.9 Å². The van der Waals surface area contributed by atoms with E-state index in [0.29, 0.717) is 19.7 Å². The van der Waals surface area contributed by atoms with Crippen LogP contribution in [0.15, 0.2) is 30.3 Å². The number of sulfonamides is 1. The summed E-state index contributed by atoms with van der Waals surface area (Å²) >= 11 is 0. The lowest BCUT2D eigenvalue weighted by molar-refractivity contribution is 0.0918. The quantitative estimate of drug-likeness (QED) is 0.767. The molecule has 26 heavy (non-hydrogen) atoms. The summed E-state index contributed by atoms with van der Waals surface area (Å²) in [6.45, 7) is 6.27. The summed E-state index contributed by atoms with van der Waals surface area (Å²) in [5.41, 5.74) is 1.02. The third-order valence-electron chi connectivity index (χ3n) is 4.13. The molecule has 146 valence electrons. The number of benzene rings is 1. The summed E-state index contributed by atoms with van der Waals surface area (Å²) < 4.78 is 28.5. The van der Waals surface area contributed by atoms with Gasteiger partial charge in [-0.3, -0.25) is 0 Å². The van der Waals surface area contributed by atoms with E-state index < -0.39 is 10.0 Å². The van der Waals surface area contributed by atoms with Crippen molar-refractivity contribution in [1.82, 2.24) is 19.8 Å². The average molecular weight is 385 g/mol. The van der Waals surface area contributed by atoms with E-state index in [0.717, 1.165) is 44.8 Å². The minimum absolute atomic E-state index is 0.217. The van der Waals surface area contributed by atoms with Gasteiger partial charge in [-0.1, -0.05) is 30.3 Å². The number of piperazine rings is 2. The van der Waals surface area contributed by atoms with Crippen LogP contribution in [-0.2, 0) is 21.4 Å². The number of carbonyl (C=O) groups is 1. The first kappa shape index (κ1) is 20.6. The molecule has 0 atom stereocenters. The molecule has 2 fully saturated rings. The van der Waals surface area contributed by atoms with Gasteiger partial charge in [0.2, 0.25) is 10.0 Å². The Morgan fingerprint density at radius 1 is 1.00 bits per heavy atom. The van der Waals surface area contributed by atoms with E-state index >= 15 is 0 Å². The van der Waals surface area contributed by atoms with Crippen LogP contribution in [-0.4, -0.2) is 82.3 Å². The molecular weight excluding hydrogens is 356 g/mol. The van der Waals surface area contributed by atoms with Gasteiger partial charge >= 0.3 is 6.09 Å². The van der Waals surface area contributed by atoms with Crippen LogP contribution in [0.4, 0.5) is 4.79 Å². The first-order valence-electron chi connectivity index (χ1n) is 8.79. The van der Waals surface area contributed by atoms with Crippen LogP contribution in [0.3, 0.4) is 0 Å². The van der Waals surface area contributed by atoms with Crippen molar-refractivity contribution in [1.29, 1.82) is 0 Å². The lowest BCUT2D eigenvalue weighted by Crippen LogP contribution is -2.46. The van der Waals surface area contributed by atoms with Gasteiger partial charge in [-0.05, 0) is 5.56 Å². The monoisotopic (exact) mass is 384 g/mol. The van der Waals surface area contributed by atoms with Crippen LogP contribution < -0.4 is 10.6 Å². The maximum Gasteiger partial charge on any atom is 0.410 e. The van der Waals surface area contributed by atoms with Crippen LogP contribution in [0.5, 0.6) is 0 Å². The second kappa shape index (κ2) is 10.5. The molecule has 8 nitrogen and oxygen atoms in total. The van der Waals surface area contributed by atoms with E-state index in [1.54, 1.807) is 4.90 Å². The standard InChI is InChI=1S/C12H16N2O2.C5H12N2O2S/c15-12(14-8-6-13-7-9-14)16-10-11-4-2-1-3-5-11;1-10(8,9)7-4-2-6-3-5-7/h1-5,13H,6-10H2;6H,2-5H2,1H3. The van der Waals surface area contributed by atoms with Crippen molar-refractivity contribution in [2.45, 2.75) is 6.61 Å². The van der Waals surface area contributed by atoms with E-state index in [1.807, 2.05) is 30.3 Å². The number of nitrogens with zero attached hydrogens (tertiary/aromatic N) is 2. The van der Waals surface area contributed by atoms with Crippen molar-refractivity contribution in [3.05, 3.63) is 35.9 Å². The number of rotatable bonds is 3. The number of carbonyl (C=O) groups excluding carboxylic acids is 1. The fourth-order valence-electron chi connectivity index (χ4n) is 2.63. The van der Waals surface area contributed by atoms with E-state index in [2.05, 4.69) is 10.6 Å². The highest BCUT2D eigenvalue weighted by Crippen LogP contribution is 2.03. The Labute approximate surface area is 155 Å². The predicted molar refractivity (Wildman–Crippen MR) is 100 cm³/mol. The van der Waals surface area contributed by atoms with Crippen molar-refractivity contribution in [3.63, 3.8) is 0 Å². The van der Waals surface area contributed by atoms with Crippen molar-refractivity contribution >= 4 is 16.1 Å². The largest absolute Gasteiger partial charge is 0.445 e. The first-order chi connectivity index (χ1) is 12.5. The molecule has 9 heteroatoms. The smallest absolute Gasteiger partial charge is 0.410 e. The maximum absolute atomic E-state index is 11.6. The predicted octanol–water partition coefficient (Wildman–Crippen LogP) is 0.0796. The SMILES string of the molecule is CS(=O)(=O)N1CCNCC1.O=C(OCc1ccccc1)N1CCNCC1. The van der Waals surface area contributed by atoms with Crippen LogP contribution in [0.2, 0.25) is 0 Å². The summed E-state index contributed by atoms with van der Waals surface area (Å²) in [4.78, 5) is 13.4. The van der Waals surface area contributed by atoms with Crippen molar-refractivity contribution in [3.8, 4) is 0 Å². The normalized spacial score (nSPS) is 18.6. The molecule has 1 amide bonds. The lowest BCUT2D eigenvalue weighted by Gasteiger charge is -2.26. The van der Waals surface area contributed by atoms with Crippen LogP contribution >= 0.6 is 0 Å². The summed E-state index contributed by atoms with van der Waals surface area (Å²) in [7, 11) is -2.93. The highest BCUT2D eigenvalue weighted by Gasteiger charge is 2.18. The van der Waals surface area contributed by atoms with Gasteiger partial charge in [0.15, 0.2) is 0 Å². The van der Waals surface area contributed by atoms with E-state index in [-0.39, 0.29) is 6.09 Å². The third-order valence-corrected chi connectivity index (χ3v) is 5.43. The number of amides is 1. The molecule has 3 rings (SSSR count). The zero-order chi connectivity index (χ0) is 18.8. The van der Waals surface area contributed by atoms with E-state index in [4.69, 9.17) is 4.74 Å². The molecule has 0 spiro atoms. The minimum Gasteiger partial charge on any atom is -0.445 e. The molecule has 0 bridgehead atoms. The molecular formula is C17H28N4O4S. The highest BCUT2D eigenvalue weighted by molar-refractivity contribution is 7.88. The van der Waals surface area contributed by atoms with Crippen LogP contribution in [0.1, 0.15) is 5.56 Å². The Kier molecular flexibility index (Phi) is 8.30. The first-order valence-corrected chi connectivity index (χ1v) is 10.6. The fraction of sp³-hybridized carbons (Fsp3) is 0.588. The van der Waals surface area contributed by atoms with Crippen molar-refractivity contribution in [2.75, 3.05) is 58.6 Å². The van der Waals surface area contributed by atoms with Gasteiger partial charge in [0.25, 0.3) is 0 Å². The van der Waals surface area contributed by atoms with Gasteiger partial charge in [0.1, 0.15) is 6.61 Å². The summed E-state index contributed by atoms with van der Waals surface area (Å²) in [5, 5.41) is 6.27. The van der Waals surface area contributed by atoms with Gasteiger partial charge < -0.3 is 20.3 Å². The molecule has 2 aliphatic heterocycles. The second-order valence-electron chi connectivity index (χ2n) is 6.19. The summed E-state index contributed by atoms with van der Waals surface area (Å²) in [6, 6.07) is 9.72. The van der Waals surface area contributed by atoms with Gasteiger partial charge in [0.05, 0.1) is 6.26 Å². The molecule has 0 unspecified atom stereocenters. The Bertz CT molecular complexity index is 642. The molecule has 0 saturated carbocycles. The van der Waals surface area contributed by atoms with Gasteiger partial charge in [-0.15, -0.1) is 0 Å². The van der Waals surface area contributed by atoms with Gasteiger partial charge in [-0.25, -0.2) is 13.2 Å². The van der Waals surface area contributed by atoms with Crippen LogP contribution in [0.25, 0.3) is 0 Å². The molecule has 1 aromatic carbocycles. The fourth-order valence-corrected chi connectivity index (χ4v) is 3.48. The summed E-state index contributed by atoms with van der Waals surface area (Å²) in [6.07, 6.45) is 1.03. The van der Waals surface area contributed by atoms with E-state index in [1.165, 1.54) is 10.6 Å². The molecule has 2 heterocycles. The Morgan fingerprint density at radius 3 is 2.04 bits per heavy atom. The Morgan fingerprint density at radius 2 is 1.54 bits per heavy atom. The van der Waals surface area contributed by atoms with E-state index in [9.17, 15) is 13.2 Å². The molecule has 0 radical (unpaired) electrons. The Balaban J connectivity index is 0.000000209. The van der Waals surface area contributed by atoms with Crippen LogP contribution in [0, 0.1) is 0 Å². The molecule has 2 N–H and O–H groups in total. The number of ether oxygens (including phenoxy) is 1. The molecule has 0 aliphatic carbocycles. The topological polar surface area (TPSA) is 91.0 Å². The zero-order valence-corrected chi connectivity index (χ0v) is 16.0. The number of hydrogen-bond acceptors (Lipinski definition) is 6. The molecule has 2 saturated heterocycles. The number of hydrogen-bond donors (Lipinski definition) is 2. The number of nitrogens with one attached hydrogen (secondary N) is 2. The zero-order valence-electron chi connectivity index (χ0n) is 15.2.